The molecule has 5 nitrogen and oxygen atoms in total. The molecule has 3 rings (SSSR count). The zero-order valence-electron chi connectivity index (χ0n) is 17.3. The molecule has 0 aromatic heterocycles. The van der Waals surface area contributed by atoms with Gasteiger partial charge in [0.05, 0.1) is 6.61 Å². The van der Waals surface area contributed by atoms with Crippen LogP contribution in [0.4, 0.5) is 5.69 Å². The molecule has 1 N–H and O–H groups in total. The lowest BCUT2D eigenvalue weighted by Crippen LogP contribution is -2.13. The van der Waals surface area contributed by atoms with Crippen molar-refractivity contribution in [2.24, 2.45) is 0 Å². The van der Waals surface area contributed by atoms with E-state index in [0.717, 1.165) is 10.0 Å². The quantitative estimate of drug-likeness (QED) is 0.247. The number of nitrogens with one attached hydrogen (secondary N) is 1. The Balaban J connectivity index is 1.84. The molecule has 1 amide bonds. The van der Waals surface area contributed by atoms with Gasteiger partial charge in [0, 0.05) is 14.6 Å². The van der Waals surface area contributed by atoms with Crippen molar-refractivity contribution in [1.29, 1.82) is 5.26 Å². The van der Waals surface area contributed by atoms with Crippen LogP contribution in [0.25, 0.3) is 6.08 Å². The molecule has 162 valence electrons. The molecule has 0 unspecified atom stereocenters. The summed E-state index contributed by atoms with van der Waals surface area (Å²) in [5.41, 5.74) is 2.22. The fraction of sp³-hybridized carbons (Fsp3) is 0.120. The Morgan fingerprint density at radius 2 is 1.72 bits per heavy atom. The van der Waals surface area contributed by atoms with Crippen LogP contribution in [0, 0.1) is 11.3 Å². The predicted molar refractivity (Wildman–Crippen MR) is 132 cm³/mol. The summed E-state index contributed by atoms with van der Waals surface area (Å²) in [4.78, 5) is 12.6. The van der Waals surface area contributed by atoms with Crippen molar-refractivity contribution in [3.63, 3.8) is 0 Å². The van der Waals surface area contributed by atoms with Crippen molar-refractivity contribution >= 4 is 49.5 Å². The van der Waals surface area contributed by atoms with E-state index in [0.29, 0.717) is 40.4 Å². The number of nitriles is 1. The molecule has 0 fully saturated rings. The molecule has 3 aromatic rings. The topological polar surface area (TPSA) is 71.3 Å². The summed E-state index contributed by atoms with van der Waals surface area (Å²) in [6.07, 6.45) is 1.52. The highest BCUT2D eigenvalue weighted by Gasteiger charge is 2.14. The van der Waals surface area contributed by atoms with E-state index in [4.69, 9.17) is 9.47 Å². The SMILES string of the molecule is CCOc1cc(/C=C(\C#N)C(=O)Nc2ccc(Br)cc2)c(Br)cc1OCc1ccccc1. The van der Waals surface area contributed by atoms with E-state index in [1.807, 2.05) is 55.5 Å². The molecule has 0 aliphatic carbocycles. The average molecular weight is 556 g/mol. The monoisotopic (exact) mass is 554 g/mol. The van der Waals surface area contributed by atoms with E-state index < -0.39 is 5.91 Å². The van der Waals surface area contributed by atoms with Crippen molar-refractivity contribution in [1.82, 2.24) is 0 Å². The van der Waals surface area contributed by atoms with E-state index in [9.17, 15) is 10.1 Å². The van der Waals surface area contributed by atoms with Crippen LogP contribution in [0.3, 0.4) is 0 Å². The standard InChI is InChI=1S/C25H20Br2N2O3/c1-2-31-23-13-18(22(27)14-24(23)32-16-17-6-4-3-5-7-17)12-19(15-28)25(30)29-21-10-8-20(26)9-11-21/h3-14H,2,16H2,1H3,(H,29,30)/b19-12+. The second-order valence-corrected chi connectivity index (χ2v) is 8.43. The molecule has 0 spiro atoms. The number of ether oxygens (including phenoxy) is 2. The highest BCUT2D eigenvalue weighted by atomic mass is 79.9. The van der Waals surface area contributed by atoms with Crippen molar-refractivity contribution in [2.75, 3.05) is 11.9 Å². The van der Waals surface area contributed by atoms with Crippen molar-refractivity contribution in [3.05, 3.63) is 92.4 Å². The fourth-order valence-corrected chi connectivity index (χ4v) is 3.51. The molecule has 0 aliphatic rings. The van der Waals surface area contributed by atoms with Gasteiger partial charge in [0.2, 0.25) is 0 Å². The first-order valence-corrected chi connectivity index (χ1v) is 11.4. The molecule has 0 aliphatic heterocycles. The molecular formula is C25H20Br2N2O3. The predicted octanol–water partition coefficient (Wildman–Crippen LogP) is 6.73. The third-order valence-corrected chi connectivity index (χ3v) is 5.58. The first kappa shape index (κ1) is 23.6. The van der Waals surface area contributed by atoms with Gasteiger partial charge in [0.25, 0.3) is 5.91 Å². The Morgan fingerprint density at radius 1 is 1.03 bits per heavy atom. The maximum Gasteiger partial charge on any atom is 0.266 e. The molecule has 0 saturated heterocycles. The number of benzene rings is 3. The Kier molecular flexibility index (Phi) is 8.48. The maximum absolute atomic E-state index is 12.6. The Labute approximate surface area is 203 Å². The van der Waals surface area contributed by atoms with Gasteiger partial charge in [-0.25, -0.2) is 0 Å². The minimum atomic E-state index is -0.496. The average Bonchev–Trinajstić information content (AvgIpc) is 2.80. The minimum absolute atomic E-state index is 0.0333. The summed E-state index contributed by atoms with van der Waals surface area (Å²) in [5.74, 6) is 0.602. The third kappa shape index (κ3) is 6.46. The van der Waals surface area contributed by atoms with Gasteiger partial charge in [0.1, 0.15) is 18.2 Å². The molecule has 0 heterocycles. The highest BCUT2D eigenvalue weighted by Crippen LogP contribution is 2.35. The van der Waals surface area contributed by atoms with Crippen LogP contribution in [0.15, 0.2) is 81.2 Å². The van der Waals surface area contributed by atoms with Gasteiger partial charge in [-0.2, -0.15) is 5.26 Å². The molecule has 0 atom stereocenters. The lowest BCUT2D eigenvalue weighted by molar-refractivity contribution is -0.112. The number of anilines is 1. The van der Waals surface area contributed by atoms with Gasteiger partial charge in [-0.1, -0.05) is 62.2 Å². The van der Waals surface area contributed by atoms with Crippen molar-refractivity contribution in [2.45, 2.75) is 13.5 Å². The fourth-order valence-electron chi connectivity index (χ4n) is 2.81. The van der Waals surface area contributed by atoms with Gasteiger partial charge in [-0.05, 0) is 60.5 Å². The lowest BCUT2D eigenvalue weighted by Gasteiger charge is -2.14. The minimum Gasteiger partial charge on any atom is -0.490 e. The number of amides is 1. The molecular weight excluding hydrogens is 536 g/mol. The smallest absolute Gasteiger partial charge is 0.266 e. The van der Waals surface area contributed by atoms with Crippen LogP contribution >= 0.6 is 31.9 Å². The number of carbonyl (C=O) groups is 1. The van der Waals surface area contributed by atoms with Crippen LogP contribution in [0.5, 0.6) is 11.5 Å². The largest absolute Gasteiger partial charge is 0.490 e. The second-order valence-electron chi connectivity index (χ2n) is 6.66. The summed E-state index contributed by atoms with van der Waals surface area (Å²) in [7, 11) is 0. The lowest BCUT2D eigenvalue weighted by atomic mass is 10.1. The maximum atomic E-state index is 12.6. The van der Waals surface area contributed by atoms with Crippen LogP contribution in [0.2, 0.25) is 0 Å². The highest BCUT2D eigenvalue weighted by molar-refractivity contribution is 9.10. The summed E-state index contributed by atoms with van der Waals surface area (Å²) in [5, 5.41) is 12.3. The van der Waals surface area contributed by atoms with Crippen LogP contribution < -0.4 is 14.8 Å². The molecule has 7 heteroatoms. The summed E-state index contributed by atoms with van der Waals surface area (Å²) >= 11 is 6.87. The second kappa shape index (κ2) is 11.5. The first-order chi connectivity index (χ1) is 15.5. The van der Waals surface area contributed by atoms with E-state index in [-0.39, 0.29) is 5.57 Å². The van der Waals surface area contributed by atoms with Crippen molar-refractivity contribution in [3.8, 4) is 17.6 Å². The van der Waals surface area contributed by atoms with Crippen LogP contribution in [0.1, 0.15) is 18.1 Å². The van der Waals surface area contributed by atoms with E-state index in [1.54, 1.807) is 24.3 Å². The van der Waals surface area contributed by atoms with Gasteiger partial charge in [-0.3, -0.25) is 4.79 Å². The summed E-state index contributed by atoms with van der Waals surface area (Å²) in [6, 6.07) is 22.4. The molecule has 3 aromatic carbocycles. The Morgan fingerprint density at radius 3 is 2.38 bits per heavy atom. The zero-order chi connectivity index (χ0) is 22.9. The Hall–Kier alpha value is -3.08. The third-order valence-electron chi connectivity index (χ3n) is 4.37. The van der Waals surface area contributed by atoms with E-state index in [2.05, 4.69) is 37.2 Å². The summed E-state index contributed by atoms with van der Waals surface area (Å²) in [6.45, 7) is 2.72. The van der Waals surface area contributed by atoms with E-state index in [1.165, 1.54) is 6.08 Å². The van der Waals surface area contributed by atoms with Crippen LogP contribution in [-0.4, -0.2) is 12.5 Å². The van der Waals surface area contributed by atoms with Gasteiger partial charge >= 0.3 is 0 Å². The number of hydrogen-bond acceptors (Lipinski definition) is 4. The number of halogens is 2. The zero-order valence-corrected chi connectivity index (χ0v) is 20.4. The number of nitrogens with zero attached hydrogens (tertiary/aromatic N) is 1. The van der Waals surface area contributed by atoms with E-state index >= 15 is 0 Å². The normalized spacial score (nSPS) is 10.9. The van der Waals surface area contributed by atoms with Gasteiger partial charge in [-0.15, -0.1) is 0 Å². The van der Waals surface area contributed by atoms with Gasteiger partial charge < -0.3 is 14.8 Å². The number of hydrogen-bond donors (Lipinski definition) is 1. The number of carbonyl (C=O) groups excluding carboxylic acids is 1. The molecule has 0 bridgehead atoms. The first-order valence-electron chi connectivity index (χ1n) is 9.82. The van der Waals surface area contributed by atoms with Gasteiger partial charge in [0.15, 0.2) is 11.5 Å². The van der Waals surface area contributed by atoms with Crippen molar-refractivity contribution < 1.29 is 14.3 Å². The summed E-state index contributed by atoms with van der Waals surface area (Å²) < 4.78 is 13.3. The molecule has 32 heavy (non-hydrogen) atoms. The Bertz CT molecular complexity index is 1150. The molecule has 0 saturated carbocycles. The number of rotatable bonds is 8. The molecule has 0 radical (unpaired) electrons. The van der Waals surface area contributed by atoms with Crippen LogP contribution in [-0.2, 0) is 11.4 Å².